The Bertz CT molecular complexity index is 919. The maximum atomic E-state index is 13.3. The van der Waals surface area contributed by atoms with Gasteiger partial charge in [-0.1, -0.05) is 36.4 Å². The maximum Gasteiger partial charge on any atom is 0.325 e. The molecule has 1 saturated carbocycles. The molecule has 0 saturated heterocycles. The van der Waals surface area contributed by atoms with Crippen LogP contribution in [0.2, 0.25) is 0 Å². The Morgan fingerprint density at radius 3 is 1.80 bits per heavy atom. The van der Waals surface area contributed by atoms with Gasteiger partial charge in [0.2, 0.25) is 0 Å². The van der Waals surface area contributed by atoms with Crippen LogP contribution in [-0.2, 0) is 38.1 Å². The number of carbonyl (C=O) groups is 4. The molecule has 0 aromatic heterocycles. The average molecular weight is 489 g/mol. The van der Waals surface area contributed by atoms with Crippen molar-refractivity contribution >= 4 is 23.9 Å². The molecule has 9 nitrogen and oxygen atoms in total. The molecule has 1 aliphatic rings. The molecule has 0 aliphatic heterocycles. The number of allylic oxidation sites excluding steroid dienone is 2. The highest BCUT2D eigenvalue weighted by molar-refractivity contribution is 6.14. The summed E-state index contributed by atoms with van der Waals surface area (Å²) in [7, 11) is 4.28. The second kappa shape index (κ2) is 12.2. The first-order chi connectivity index (χ1) is 16.8. The zero-order valence-electron chi connectivity index (χ0n) is 20.5. The molecular weight excluding hydrogens is 456 g/mol. The summed E-state index contributed by atoms with van der Waals surface area (Å²) in [5.74, 6) is -4.45. The minimum Gasteiger partial charge on any atom is -0.490 e. The van der Waals surface area contributed by atoms with Gasteiger partial charge in [0.05, 0.1) is 28.4 Å². The van der Waals surface area contributed by atoms with Crippen LogP contribution in [0.4, 0.5) is 0 Å². The van der Waals surface area contributed by atoms with Gasteiger partial charge in [0.15, 0.2) is 10.8 Å². The lowest BCUT2D eigenvalue weighted by molar-refractivity contribution is -0.209. The largest absolute Gasteiger partial charge is 0.490 e. The third-order valence-corrected chi connectivity index (χ3v) is 6.52. The molecule has 0 heterocycles. The fraction of sp³-hybridized carbons (Fsp3) is 0.462. The first kappa shape index (κ1) is 27.6. The van der Waals surface area contributed by atoms with Crippen molar-refractivity contribution in [2.45, 2.75) is 19.3 Å². The predicted molar refractivity (Wildman–Crippen MR) is 125 cm³/mol. The van der Waals surface area contributed by atoms with E-state index in [-0.39, 0.29) is 25.4 Å². The molecule has 2 rings (SSSR count). The van der Waals surface area contributed by atoms with Crippen molar-refractivity contribution < 1.29 is 42.9 Å². The summed E-state index contributed by atoms with van der Waals surface area (Å²) in [6.45, 7) is 4.00. The Hall–Kier alpha value is -3.62. The van der Waals surface area contributed by atoms with Crippen LogP contribution in [0.3, 0.4) is 0 Å². The van der Waals surface area contributed by atoms with Crippen LogP contribution in [-0.4, -0.2) is 58.9 Å². The fourth-order valence-corrected chi connectivity index (χ4v) is 4.90. The number of benzene rings is 1. The van der Waals surface area contributed by atoms with Crippen LogP contribution in [0, 0.1) is 22.7 Å². The number of hydrogen-bond donors (Lipinski definition) is 0. The second-order valence-electron chi connectivity index (χ2n) is 8.19. The van der Waals surface area contributed by atoms with Crippen LogP contribution < -0.4 is 4.74 Å². The lowest BCUT2D eigenvalue weighted by Gasteiger charge is -2.49. The normalized spacial score (nSPS) is 20.3. The van der Waals surface area contributed by atoms with Gasteiger partial charge in [-0.15, -0.1) is 6.58 Å². The smallest absolute Gasteiger partial charge is 0.325 e. The van der Waals surface area contributed by atoms with E-state index in [1.165, 1.54) is 0 Å². The molecule has 0 bridgehead atoms. The van der Waals surface area contributed by atoms with Crippen molar-refractivity contribution in [3.63, 3.8) is 0 Å². The Morgan fingerprint density at radius 2 is 1.34 bits per heavy atom. The van der Waals surface area contributed by atoms with Crippen LogP contribution >= 0.6 is 0 Å². The van der Waals surface area contributed by atoms with E-state index >= 15 is 0 Å². The standard InChI is InChI=1S/C26H32O9/c1-6-11-18-16-25(21(27)31-2,22(28)32-3)26(23(29)33-4,24(30)34-5)17-19(18)12-10-15-35-20-13-8-7-9-14-20/h6-10,12-14,18-19H,1,11,15-17H2,2-5H3/b12-10+/t18-,19-/m1/s1. The molecule has 1 aromatic carbocycles. The Balaban J connectivity index is 2.59. The number of carbonyl (C=O) groups excluding carboxylic acids is 4. The first-order valence-corrected chi connectivity index (χ1v) is 11.1. The zero-order valence-corrected chi connectivity index (χ0v) is 20.5. The molecule has 0 spiro atoms. The van der Waals surface area contributed by atoms with E-state index in [9.17, 15) is 19.2 Å². The molecular formula is C26H32O9. The SMILES string of the molecule is C=CC[C@@H]1CC(C(=O)OC)(C(=O)OC)C(C(=O)OC)(C(=O)OC)C[C@H]1/C=C/COc1ccccc1. The van der Waals surface area contributed by atoms with Crippen molar-refractivity contribution in [2.24, 2.45) is 22.7 Å². The summed E-state index contributed by atoms with van der Waals surface area (Å²) in [5, 5.41) is 0. The topological polar surface area (TPSA) is 114 Å². The van der Waals surface area contributed by atoms with E-state index in [0.29, 0.717) is 12.2 Å². The summed E-state index contributed by atoms with van der Waals surface area (Å²) >= 11 is 0. The van der Waals surface area contributed by atoms with Crippen molar-refractivity contribution in [3.8, 4) is 5.75 Å². The highest BCUT2D eigenvalue weighted by Crippen LogP contribution is 2.58. The van der Waals surface area contributed by atoms with Crippen LogP contribution in [0.1, 0.15) is 19.3 Å². The molecule has 35 heavy (non-hydrogen) atoms. The van der Waals surface area contributed by atoms with Crippen molar-refractivity contribution in [1.82, 2.24) is 0 Å². The van der Waals surface area contributed by atoms with Crippen molar-refractivity contribution in [2.75, 3.05) is 35.0 Å². The third-order valence-electron chi connectivity index (χ3n) is 6.52. The Morgan fingerprint density at radius 1 is 0.857 bits per heavy atom. The molecule has 0 radical (unpaired) electrons. The van der Waals surface area contributed by atoms with E-state index in [1.807, 2.05) is 30.3 Å². The maximum absolute atomic E-state index is 13.3. The minimum atomic E-state index is -2.33. The second-order valence-corrected chi connectivity index (χ2v) is 8.19. The number of rotatable bonds is 10. The summed E-state index contributed by atoms with van der Waals surface area (Å²) in [4.78, 5) is 53.0. The van der Waals surface area contributed by atoms with Gasteiger partial charge < -0.3 is 23.7 Å². The lowest BCUT2D eigenvalue weighted by atomic mass is 9.50. The van der Waals surface area contributed by atoms with E-state index in [1.54, 1.807) is 18.2 Å². The molecule has 2 atom stereocenters. The molecule has 1 aliphatic carbocycles. The van der Waals surface area contributed by atoms with Gasteiger partial charge in [0.25, 0.3) is 0 Å². The van der Waals surface area contributed by atoms with Gasteiger partial charge in [0, 0.05) is 0 Å². The third kappa shape index (κ3) is 5.08. The van der Waals surface area contributed by atoms with Crippen molar-refractivity contribution in [1.29, 1.82) is 0 Å². The van der Waals surface area contributed by atoms with E-state index in [4.69, 9.17) is 23.7 Å². The molecule has 1 aromatic rings. The quantitative estimate of drug-likeness (QED) is 0.212. The highest BCUT2D eigenvalue weighted by Gasteiger charge is 2.75. The minimum absolute atomic E-state index is 0.225. The Kier molecular flexibility index (Phi) is 9.62. The first-order valence-electron chi connectivity index (χ1n) is 11.1. The number of para-hydroxylation sites is 1. The van der Waals surface area contributed by atoms with Crippen LogP contribution in [0.15, 0.2) is 55.1 Å². The summed E-state index contributed by atoms with van der Waals surface area (Å²) < 4.78 is 25.5. The summed E-state index contributed by atoms with van der Waals surface area (Å²) in [6.07, 6.45) is 5.12. The summed E-state index contributed by atoms with van der Waals surface area (Å²) in [5.41, 5.74) is -4.64. The van der Waals surface area contributed by atoms with Crippen molar-refractivity contribution in [3.05, 3.63) is 55.1 Å². The van der Waals surface area contributed by atoms with Gasteiger partial charge in [-0.25, -0.2) is 0 Å². The fourth-order valence-electron chi connectivity index (χ4n) is 4.90. The van der Waals surface area contributed by atoms with Gasteiger partial charge in [-0.3, -0.25) is 19.2 Å². The Labute approximate surface area is 205 Å². The number of hydrogen-bond acceptors (Lipinski definition) is 9. The number of methoxy groups -OCH3 is 4. The highest BCUT2D eigenvalue weighted by atomic mass is 16.6. The average Bonchev–Trinajstić information content (AvgIpc) is 2.90. The van der Waals surface area contributed by atoms with Gasteiger partial charge >= 0.3 is 23.9 Å². The van der Waals surface area contributed by atoms with E-state index < -0.39 is 40.6 Å². The lowest BCUT2D eigenvalue weighted by Crippen LogP contribution is -2.66. The molecule has 0 unspecified atom stereocenters. The number of ether oxygens (including phenoxy) is 5. The van der Waals surface area contributed by atoms with Gasteiger partial charge in [0.1, 0.15) is 12.4 Å². The molecule has 190 valence electrons. The molecule has 0 N–H and O–H groups in total. The number of esters is 4. The van der Waals surface area contributed by atoms with E-state index in [2.05, 4.69) is 6.58 Å². The monoisotopic (exact) mass is 488 g/mol. The zero-order chi connectivity index (χ0) is 26.1. The van der Waals surface area contributed by atoms with Gasteiger partial charge in [-0.05, 0) is 43.2 Å². The van der Waals surface area contributed by atoms with Crippen LogP contribution in [0.25, 0.3) is 0 Å². The molecule has 1 fully saturated rings. The van der Waals surface area contributed by atoms with Crippen LogP contribution in [0.5, 0.6) is 5.75 Å². The summed E-state index contributed by atoms with van der Waals surface area (Å²) in [6, 6.07) is 9.20. The molecule has 9 heteroatoms. The predicted octanol–water partition coefficient (Wildman–Crippen LogP) is 2.89. The molecule has 0 amide bonds. The van der Waals surface area contributed by atoms with E-state index in [0.717, 1.165) is 28.4 Å². The van der Waals surface area contributed by atoms with Gasteiger partial charge in [-0.2, -0.15) is 0 Å².